The average Bonchev–Trinajstić information content (AvgIpc) is 3.09. The van der Waals surface area contributed by atoms with Crippen LogP contribution in [0.4, 0.5) is 5.69 Å². The van der Waals surface area contributed by atoms with Crippen LogP contribution in [0.1, 0.15) is 12.8 Å². The molecule has 1 aromatic heterocycles. The summed E-state index contributed by atoms with van der Waals surface area (Å²) < 4.78 is 7.54. The summed E-state index contributed by atoms with van der Waals surface area (Å²) in [5, 5.41) is 6.14. The number of hydrogen-bond donors (Lipinski definition) is 2. The Bertz CT molecular complexity index is 612. The second-order valence-electron chi connectivity index (χ2n) is 5.33. The summed E-state index contributed by atoms with van der Waals surface area (Å²) in [6, 6.07) is 7.63. The van der Waals surface area contributed by atoms with Crippen LogP contribution in [0, 0.1) is 0 Å². The maximum Gasteiger partial charge on any atom is 0.250 e. The van der Waals surface area contributed by atoms with E-state index >= 15 is 0 Å². The SMILES string of the molecule is Cl.O=C(COC1CCNCC1)Nc1cccc(-n2ccnc2)c1. The number of ether oxygens (including phenoxy) is 1. The topological polar surface area (TPSA) is 68.2 Å². The van der Waals surface area contributed by atoms with Crippen molar-refractivity contribution in [2.45, 2.75) is 18.9 Å². The average molecular weight is 337 g/mol. The van der Waals surface area contributed by atoms with Crippen LogP contribution in [0.25, 0.3) is 5.69 Å². The van der Waals surface area contributed by atoms with Gasteiger partial charge < -0.3 is 19.9 Å². The van der Waals surface area contributed by atoms with E-state index in [4.69, 9.17) is 4.74 Å². The van der Waals surface area contributed by atoms with E-state index in [1.807, 2.05) is 35.0 Å². The first-order chi connectivity index (χ1) is 10.8. The molecule has 124 valence electrons. The Morgan fingerprint density at radius 2 is 2.22 bits per heavy atom. The van der Waals surface area contributed by atoms with Crippen LogP contribution in [0.15, 0.2) is 43.0 Å². The van der Waals surface area contributed by atoms with Gasteiger partial charge in [-0.15, -0.1) is 12.4 Å². The van der Waals surface area contributed by atoms with Crippen LogP contribution in [-0.2, 0) is 9.53 Å². The lowest BCUT2D eigenvalue weighted by molar-refractivity contribution is -0.123. The Balaban J connectivity index is 0.00000192. The minimum atomic E-state index is -0.124. The Morgan fingerprint density at radius 1 is 1.39 bits per heavy atom. The van der Waals surface area contributed by atoms with Crippen molar-refractivity contribution in [1.82, 2.24) is 14.9 Å². The third-order valence-corrected chi connectivity index (χ3v) is 3.67. The van der Waals surface area contributed by atoms with E-state index in [2.05, 4.69) is 15.6 Å². The molecule has 1 saturated heterocycles. The Kier molecular flexibility index (Phi) is 6.58. The lowest BCUT2D eigenvalue weighted by Crippen LogP contribution is -2.34. The number of rotatable bonds is 5. The molecule has 2 N–H and O–H groups in total. The number of nitrogens with one attached hydrogen (secondary N) is 2. The minimum Gasteiger partial charge on any atom is -0.368 e. The molecular formula is C16H21ClN4O2. The predicted octanol–water partition coefficient (Wildman–Crippen LogP) is 2.00. The molecule has 0 spiro atoms. The molecule has 2 aromatic rings. The van der Waals surface area contributed by atoms with Crippen molar-refractivity contribution in [3.8, 4) is 5.69 Å². The van der Waals surface area contributed by atoms with Gasteiger partial charge in [-0.1, -0.05) is 6.07 Å². The molecule has 6 nitrogen and oxygen atoms in total. The number of carbonyl (C=O) groups is 1. The number of anilines is 1. The first kappa shape index (κ1) is 17.5. The standard InChI is InChI=1S/C16H20N4O2.ClH/c21-16(11-22-15-4-6-17-7-5-15)19-13-2-1-3-14(10-13)20-9-8-18-12-20;/h1-3,8-10,12,15,17H,4-7,11H2,(H,19,21);1H. The molecule has 0 saturated carbocycles. The fraction of sp³-hybridized carbons (Fsp3) is 0.375. The number of piperidine rings is 1. The number of benzene rings is 1. The van der Waals surface area contributed by atoms with Crippen LogP contribution in [0.3, 0.4) is 0 Å². The summed E-state index contributed by atoms with van der Waals surface area (Å²) in [4.78, 5) is 16.0. The first-order valence-corrected chi connectivity index (χ1v) is 7.52. The van der Waals surface area contributed by atoms with Crippen LogP contribution in [-0.4, -0.2) is 41.3 Å². The number of amides is 1. The molecule has 0 atom stereocenters. The van der Waals surface area contributed by atoms with Crippen molar-refractivity contribution in [2.24, 2.45) is 0 Å². The molecule has 7 heteroatoms. The minimum absolute atomic E-state index is 0. The third-order valence-electron chi connectivity index (χ3n) is 3.67. The zero-order valence-corrected chi connectivity index (χ0v) is 13.6. The largest absolute Gasteiger partial charge is 0.368 e. The van der Waals surface area contributed by atoms with Gasteiger partial charge in [0, 0.05) is 23.8 Å². The first-order valence-electron chi connectivity index (χ1n) is 7.52. The molecule has 1 amide bonds. The summed E-state index contributed by atoms with van der Waals surface area (Å²) in [6.45, 7) is 2.01. The van der Waals surface area contributed by atoms with E-state index < -0.39 is 0 Å². The number of nitrogens with zero attached hydrogens (tertiary/aromatic N) is 2. The second-order valence-corrected chi connectivity index (χ2v) is 5.33. The van der Waals surface area contributed by atoms with Gasteiger partial charge in [0.2, 0.25) is 5.91 Å². The van der Waals surface area contributed by atoms with E-state index in [0.29, 0.717) is 0 Å². The lowest BCUT2D eigenvalue weighted by atomic mass is 10.1. The van der Waals surface area contributed by atoms with E-state index in [0.717, 1.165) is 37.3 Å². The van der Waals surface area contributed by atoms with Gasteiger partial charge in [-0.3, -0.25) is 4.79 Å². The van der Waals surface area contributed by atoms with Gasteiger partial charge in [0.15, 0.2) is 0 Å². The van der Waals surface area contributed by atoms with Gasteiger partial charge >= 0.3 is 0 Å². The van der Waals surface area contributed by atoms with Gasteiger partial charge in [-0.2, -0.15) is 0 Å². The van der Waals surface area contributed by atoms with Crippen molar-refractivity contribution < 1.29 is 9.53 Å². The Morgan fingerprint density at radius 3 is 2.96 bits per heavy atom. The fourth-order valence-corrected chi connectivity index (χ4v) is 2.51. The van der Waals surface area contributed by atoms with Crippen LogP contribution in [0.5, 0.6) is 0 Å². The van der Waals surface area contributed by atoms with Crippen molar-refractivity contribution in [1.29, 1.82) is 0 Å². The van der Waals surface area contributed by atoms with Crippen molar-refractivity contribution in [3.05, 3.63) is 43.0 Å². The fourth-order valence-electron chi connectivity index (χ4n) is 2.51. The lowest BCUT2D eigenvalue weighted by Gasteiger charge is -2.22. The van der Waals surface area contributed by atoms with Crippen LogP contribution >= 0.6 is 12.4 Å². The number of aromatic nitrogens is 2. The van der Waals surface area contributed by atoms with Gasteiger partial charge in [-0.25, -0.2) is 4.98 Å². The molecule has 0 bridgehead atoms. The summed E-state index contributed by atoms with van der Waals surface area (Å²) in [6.07, 6.45) is 7.41. The van der Waals surface area contributed by atoms with E-state index in [9.17, 15) is 4.79 Å². The zero-order chi connectivity index (χ0) is 15.2. The van der Waals surface area contributed by atoms with Gasteiger partial charge in [-0.05, 0) is 44.1 Å². The van der Waals surface area contributed by atoms with Crippen molar-refractivity contribution in [2.75, 3.05) is 25.0 Å². The zero-order valence-electron chi connectivity index (χ0n) is 12.8. The number of halogens is 1. The molecule has 0 unspecified atom stereocenters. The maximum absolute atomic E-state index is 12.0. The van der Waals surface area contributed by atoms with Crippen LogP contribution in [0.2, 0.25) is 0 Å². The van der Waals surface area contributed by atoms with E-state index in [1.54, 1.807) is 12.5 Å². The number of carbonyl (C=O) groups excluding carboxylic acids is 1. The smallest absolute Gasteiger partial charge is 0.250 e. The molecule has 1 aliphatic heterocycles. The van der Waals surface area contributed by atoms with E-state index in [1.165, 1.54) is 0 Å². The molecule has 1 aliphatic rings. The summed E-state index contributed by atoms with van der Waals surface area (Å²) in [5.74, 6) is -0.124. The van der Waals surface area contributed by atoms with Gasteiger partial charge in [0.1, 0.15) is 6.61 Å². The monoisotopic (exact) mass is 336 g/mol. The highest BCUT2D eigenvalue weighted by atomic mass is 35.5. The maximum atomic E-state index is 12.0. The number of imidazole rings is 1. The third kappa shape index (κ3) is 5.06. The van der Waals surface area contributed by atoms with Crippen molar-refractivity contribution in [3.63, 3.8) is 0 Å². The highest BCUT2D eigenvalue weighted by Crippen LogP contribution is 2.14. The summed E-state index contributed by atoms with van der Waals surface area (Å²) in [7, 11) is 0. The molecule has 3 rings (SSSR count). The normalized spacial score (nSPS) is 15.0. The van der Waals surface area contributed by atoms with Crippen LogP contribution < -0.4 is 10.6 Å². The van der Waals surface area contributed by atoms with Crippen molar-refractivity contribution >= 4 is 24.0 Å². The Labute approximate surface area is 141 Å². The molecule has 1 fully saturated rings. The van der Waals surface area contributed by atoms with Gasteiger partial charge in [0.25, 0.3) is 0 Å². The molecule has 0 aliphatic carbocycles. The molecule has 23 heavy (non-hydrogen) atoms. The summed E-state index contributed by atoms with van der Waals surface area (Å²) in [5.41, 5.74) is 1.71. The quantitative estimate of drug-likeness (QED) is 0.876. The second kappa shape index (κ2) is 8.67. The molecule has 0 radical (unpaired) electrons. The Hall–Kier alpha value is -1.89. The molecular weight excluding hydrogens is 316 g/mol. The molecule has 1 aromatic carbocycles. The van der Waals surface area contributed by atoms with Gasteiger partial charge in [0.05, 0.1) is 12.4 Å². The predicted molar refractivity (Wildman–Crippen MR) is 91.3 cm³/mol. The number of hydrogen-bond acceptors (Lipinski definition) is 4. The molecule has 2 heterocycles. The highest BCUT2D eigenvalue weighted by molar-refractivity contribution is 5.91. The summed E-state index contributed by atoms with van der Waals surface area (Å²) >= 11 is 0. The van der Waals surface area contributed by atoms with E-state index in [-0.39, 0.29) is 31.0 Å². The highest BCUT2D eigenvalue weighted by Gasteiger charge is 2.14.